The van der Waals surface area contributed by atoms with Gasteiger partial charge in [0.15, 0.2) is 5.82 Å². The molecule has 2 heterocycles. The molecular weight excluding hydrogens is 254 g/mol. The van der Waals surface area contributed by atoms with Crippen LogP contribution in [-0.4, -0.2) is 28.4 Å². The van der Waals surface area contributed by atoms with E-state index in [0.29, 0.717) is 18.0 Å². The van der Waals surface area contributed by atoms with Crippen molar-refractivity contribution in [3.05, 3.63) is 5.82 Å². The summed E-state index contributed by atoms with van der Waals surface area (Å²) in [7, 11) is 0. The summed E-state index contributed by atoms with van der Waals surface area (Å²) in [6, 6.07) is 0.953. The third-order valence-corrected chi connectivity index (χ3v) is 4.54. The van der Waals surface area contributed by atoms with Crippen LogP contribution >= 0.6 is 0 Å². The van der Waals surface area contributed by atoms with Crippen molar-refractivity contribution in [3.8, 4) is 0 Å². The summed E-state index contributed by atoms with van der Waals surface area (Å²) in [5.41, 5.74) is 0.106. The van der Waals surface area contributed by atoms with Crippen LogP contribution < -0.4 is 5.32 Å². The van der Waals surface area contributed by atoms with Crippen LogP contribution in [0.15, 0.2) is 4.52 Å². The predicted octanol–water partition coefficient (Wildman–Crippen LogP) is 3.49. The van der Waals surface area contributed by atoms with Gasteiger partial charge in [-0.25, -0.2) is 0 Å². The van der Waals surface area contributed by atoms with E-state index in [1.165, 1.54) is 32.1 Å². The van der Waals surface area contributed by atoms with E-state index in [1.54, 1.807) is 0 Å². The number of nitrogens with zero attached hydrogens (tertiary/aromatic N) is 2. The Balaban J connectivity index is 1.61. The Labute approximate surface area is 120 Å². The second kappa shape index (κ2) is 5.72. The lowest BCUT2D eigenvalue weighted by Gasteiger charge is -2.43. The highest BCUT2D eigenvalue weighted by Gasteiger charge is 2.38. The molecule has 1 aliphatic heterocycles. The van der Waals surface area contributed by atoms with Crippen LogP contribution in [-0.2, 0) is 4.74 Å². The van der Waals surface area contributed by atoms with Gasteiger partial charge in [-0.1, -0.05) is 38.3 Å². The van der Waals surface area contributed by atoms with E-state index in [0.717, 1.165) is 25.3 Å². The maximum Gasteiger partial charge on any atom is 0.321 e. The lowest BCUT2D eigenvalue weighted by atomic mass is 9.78. The second-order valence-electron chi connectivity index (χ2n) is 6.54. The minimum absolute atomic E-state index is 0.106. The number of hydrogen-bond acceptors (Lipinski definition) is 5. The Morgan fingerprint density at radius 2 is 2.05 bits per heavy atom. The van der Waals surface area contributed by atoms with E-state index in [9.17, 15) is 0 Å². The number of rotatable bonds is 3. The van der Waals surface area contributed by atoms with Crippen molar-refractivity contribution in [2.45, 2.75) is 76.4 Å². The van der Waals surface area contributed by atoms with Gasteiger partial charge in [-0.2, -0.15) is 4.98 Å². The fourth-order valence-electron chi connectivity index (χ4n) is 3.40. The average molecular weight is 279 g/mol. The largest absolute Gasteiger partial charge is 0.375 e. The van der Waals surface area contributed by atoms with Gasteiger partial charge >= 0.3 is 6.01 Å². The molecule has 1 spiro atoms. The summed E-state index contributed by atoms with van der Waals surface area (Å²) >= 11 is 0. The second-order valence-corrected chi connectivity index (χ2v) is 6.54. The van der Waals surface area contributed by atoms with Gasteiger partial charge in [-0.15, -0.1) is 0 Å². The molecular formula is C15H25N3O2. The first-order valence-electron chi connectivity index (χ1n) is 7.91. The highest BCUT2D eigenvalue weighted by molar-refractivity contribution is 5.22. The molecule has 1 N–H and O–H groups in total. The standard InChI is InChI=1S/C15H25N3O2/c1-11(2)13-17-14(20-18-13)16-12-6-9-19-15(10-12)7-4-3-5-8-15/h11-12H,3-10H2,1-2H3,(H,16,17,18). The van der Waals surface area contributed by atoms with Crippen LogP contribution in [0.1, 0.15) is 70.5 Å². The van der Waals surface area contributed by atoms with Gasteiger partial charge in [0, 0.05) is 18.6 Å². The topological polar surface area (TPSA) is 60.2 Å². The van der Waals surface area contributed by atoms with Crippen LogP contribution in [0.25, 0.3) is 0 Å². The van der Waals surface area contributed by atoms with Gasteiger partial charge in [0.1, 0.15) is 0 Å². The van der Waals surface area contributed by atoms with Crippen LogP contribution in [0.2, 0.25) is 0 Å². The minimum atomic E-state index is 0.106. The zero-order valence-corrected chi connectivity index (χ0v) is 12.5. The molecule has 1 aromatic heterocycles. The van der Waals surface area contributed by atoms with Crippen molar-refractivity contribution in [1.29, 1.82) is 0 Å². The molecule has 5 heteroatoms. The monoisotopic (exact) mass is 279 g/mol. The Hall–Kier alpha value is -1.10. The van der Waals surface area contributed by atoms with Crippen molar-refractivity contribution < 1.29 is 9.26 Å². The molecule has 112 valence electrons. The number of aromatic nitrogens is 2. The molecule has 0 aromatic carbocycles. The van der Waals surface area contributed by atoms with Crippen molar-refractivity contribution in [2.24, 2.45) is 0 Å². The average Bonchev–Trinajstić information content (AvgIpc) is 2.88. The molecule has 2 aliphatic rings. The normalized spacial score (nSPS) is 26.1. The molecule has 1 unspecified atom stereocenters. The van der Waals surface area contributed by atoms with Crippen LogP contribution in [0.3, 0.4) is 0 Å². The summed E-state index contributed by atoms with van der Waals surface area (Å²) in [6.45, 7) is 4.98. The number of anilines is 1. The SMILES string of the molecule is CC(C)c1noc(NC2CCOC3(CCCCC3)C2)n1. The van der Waals surface area contributed by atoms with Crippen LogP contribution in [0, 0.1) is 0 Å². The van der Waals surface area contributed by atoms with Crippen LogP contribution in [0.4, 0.5) is 6.01 Å². The van der Waals surface area contributed by atoms with Gasteiger partial charge in [-0.05, 0) is 25.7 Å². The first kappa shape index (κ1) is 13.9. The molecule has 0 radical (unpaired) electrons. The highest BCUT2D eigenvalue weighted by Crippen LogP contribution is 2.39. The predicted molar refractivity (Wildman–Crippen MR) is 76.8 cm³/mol. The van der Waals surface area contributed by atoms with E-state index >= 15 is 0 Å². The quantitative estimate of drug-likeness (QED) is 0.917. The number of nitrogens with one attached hydrogen (secondary N) is 1. The van der Waals surface area contributed by atoms with Gasteiger partial charge < -0.3 is 14.6 Å². The van der Waals surface area contributed by atoms with E-state index < -0.39 is 0 Å². The van der Waals surface area contributed by atoms with Gasteiger partial charge in [0.05, 0.1) is 5.60 Å². The summed E-state index contributed by atoms with van der Waals surface area (Å²) in [5.74, 6) is 1.07. The molecule has 1 atom stereocenters. The Morgan fingerprint density at radius 3 is 2.75 bits per heavy atom. The summed E-state index contributed by atoms with van der Waals surface area (Å²) in [5, 5.41) is 7.41. The zero-order chi connectivity index (χ0) is 14.0. The third-order valence-electron chi connectivity index (χ3n) is 4.54. The zero-order valence-electron chi connectivity index (χ0n) is 12.5. The molecule has 0 bridgehead atoms. The third kappa shape index (κ3) is 2.97. The Morgan fingerprint density at radius 1 is 1.25 bits per heavy atom. The lowest BCUT2D eigenvalue weighted by molar-refractivity contribution is -0.103. The highest BCUT2D eigenvalue weighted by atomic mass is 16.5. The first-order valence-corrected chi connectivity index (χ1v) is 7.91. The maximum absolute atomic E-state index is 6.11. The lowest BCUT2D eigenvalue weighted by Crippen LogP contribution is -2.45. The van der Waals surface area contributed by atoms with E-state index in [4.69, 9.17) is 9.26 Å². The number of hydrogen-bond donors (Lipinski definition) is 1. The fraction of sp³-hybridized carbons (Fsp3) is 0.867. The maximum atomic E-state index is 6.11. The number of ether oxygens (including phenoxy) is 1. The van der Waals surface area contributed by atoms with Gasteiger partial charge in [-0.3, -0.25) is 0 Å². The first-order chi connectivity index (χ1) is 9.67. The fourth-order valence-corrected chi connectivity index (χ4v) is 3.40. The van der Waals surface area contributed by atoms with Crippen molar-refractivity contribution in [1.82, 2.24) is 10.1 Å². The summed E-state index contributed by atoms with van der Waals surface area (Å²) < 4.78 is 11.4. The molecule has 0 amide bonds. The van der Waals surface area contributed by atoms with Crippen LogP contribution in [0.5, 0.6) is 0 Å². The molecule has 1 aliphatic carbocycles. The smallest absolute Gasteiger partial charge is 0.321 e. The van der Waals surface area contributed by atoms with Crippen molar-refractivity contribution in [2.75, 3.05) is 11.9 Å². The van der Waals surface area contributed by atoms with E-state index in [1.807, 2.05) is 0 Å². The van der Waals surface area contributed by atoms with Gasteiger partial charge in [0.25, 0.3) is 0 Å². The summed E-state index contributed by atoms with van der Waals surface area (Å²) in [6.07, 6.45) is 8.42. The molecule has 2 fully saturated rings. The molecule has 3 rings (SSSR count). The molecule has 1 saturated carbocycles. The van der Waals surface area contributed by atoms with E-state index in [-0.39, 0.29) is 5.60 Å². The van der Waals surface area contributed by atoms with Crippen molar-refractivity contribution >= 4 is 6.01 Å². The minimum Gasteiger partial charge on any atom is -0.375 e. The Kier molecular flexibility index (Phi) is 3.96. The molecule has 5 nitrogen and oxygen atoms in total. The molecule has 1 saturated heterocycles. The molecule has 1 aromatic rings. The summed E-state index contributed by atoms with van der Waals surface area (Å²) in [4.78, 5) is 4.41. The van der Waals surface area contributed by atoms with Crippen molar-refractivity contribution in [3.63, 3.8) is 0 Å². The Bertz CT molecular complexity index is 433. The van der Waals surface area contributed by atoms with E-state index in [2.05, 4.69) is 29.3 Å². The molecule has 20 heavy (non-hydrogen) atoms. The van der Waals surface area contributed by atoms with Gasteiger partial charge in [0.2, 0.25) is 0 Å².